The van der Waals surface area contributed by atoms with Crippen molar-refractivity contribution in [1.29, 1.82) is 0 Å². The minimum Gasteiger partial charge on any atom is -0.396 e. The number of nitrogens with one attached hydrogen (secondary N) is 1. The Labute approximate surface area is 130 Å². The summed E-state index contributed by atoms with van der Waals surface area (Å²) in [6, 6.07) is 4.46. The Hall–Kier alpha value is -1.95. The molecule has 0 saturated carbocycles. The fourth-order valence-electron chi connectivity index (χ4n) is 2.44. The highest BCUT2D eigenvalue weighted by Crippen LogP contribution is 2.19. The van der Waals surface area contributed by atoms with E-state index >= 15 is 0 Å². The molecule has 6 heteroatoms. The maximum Gasteiger partial charge on any atom is 0.273 e. The number of nitro groups is 1. The van der Waals surface area contributed by atoms with Crippen molar-refractivity contribution in [1.82, 2.24) is 5.32 Å². The number of amides is 1. The van der Waals surface area contributed by atoms with Crippen molar-refractivity contribution in [3.8, 4) is 0 Å². The van der Waals surface area contributed by atoms with E-state index in [1.165, 1.54) is 6.07 Å². The van der Waals surface area contributed by atoms with Gasteiger partial charge in [-0.1, -0.05) is 19.9 Å². The van der Waals surface area contributed by atoms with Crippen LogP contribution < -0.4 is 5.32 Å². The number of carbonyl (C=O) groups is 1. The molecular formula is C16H24N2O4. The van der Waals surface area contributed by atoms with Crippen LogP contribution in [-0.2, 0) is 0 Å². The molecule has 0 bridgehead atoms. The van der Waals surface area contributed by atoms with Crippen LogP contribution in [0.3, 0.4) is 0 Å². The van der Waals surface area contributed by atoms with Crippen LogP contribution in [-0.4, -0.2) is 29.1 Å². The van der Waals surface area contributed by atoms with E-state index in [1.54, 1.807) is 19.1 Å². The number of aliphatic hydroxyl groups is 1. The maximum atomic E-state index is 12.1. The van der Waals surface area contributed by atoms with E-state index in [9.17, 15) is 14.9 Å². The van der Waals surface area contributed by atoms with E-state index in [0.717, 1.165) is 6.42 Å². The number of benzene rings is 1. The van der Waals surface area contributed by atoms with Crippen LogP contribution in [0.25, 0.3) is 0 Å². The molecule has 0 aliphatic carbocycles. The molecule has 2 N–H and O–H groups in total. The topological polar surface area (TPSA) is 92.5 Å². The molecule has 0 aliphatic rings. The Bertz CT molecular complexity index is 529. The number of rotatable bonds is 8. The van der Waals surface area contributed by atoms with Gasteiger partial charge in [-0.2, -0.15) is 0 Å². The molecule has 1 aromatic rings. The zero-order valence-electron chi connectivity index (χ0n) is 13.3. The van der Waals surface area contributed by atoms with Gasteiger partial charge in [0.2, 0.25) is 0 Å². The van der Waals surface area contributed by atoms with Gasteiger partial charge in [-0.05, 0) is 37.7 Å². The molecule has 1 amide bonds. The third-order valence-electron chi connectivity index (χ3n) is 3.56. The average Bonchev–Trinajstić information content (AvgIpc) is 2.44. The molecule has 6 nitrogen and oxygen atoms in total. The molecule has 0 aliphatic heterocycles. The number of nitro benzene ring substituents is 1. The summed E-state index contributed by atoms with van der Waals surface area (Å²) in [5, 5.41) is 22.8. The van der Waals surface area contributed by atoms with E-state index in [2.05, 4.69) is 19.2 Å². The summed E-state index contributed by atoms with van der Waals surface area (Å²) in [7, 11) is 0. The quantitative estimate of drug-likeness (QED) is 0.570. The van der Waals surface area contributed by atoms with Crippen molar-refractivity contribution in [2.24, 2.45) is 11.8 Å². The van der Waals surface area contributed by atoms with E-state index in [-0.39, 0.29) is 29.7 Å². The Morgan fingerprint density at radius 3 is 2.64 bits per heavy atom. The highest BCUT2D eigenvalue weighted by atomic mass is 16.6. The molecular weight excluding hydrogens is 284 g/mol. The first-order valence-corrected chi connectivity index (χ1v) is 7.49. The van der Waals surface area contributed by atoms with Crippen LogP contribution in [0, 0.1) is 28.9 Å². The van der Waals surface area contributed by atoms with Crippen molar-refractivity contribution in [2.45, 2.75) is 33.6 Å². The first-order chi connectivity index (χ1) is 10.3. The third-order valence-corrected chi connectivity index (χ3v) is 3.56. The second kappa shape index (κ2) is 8.48. The molecule has 0 saturated heterocycles. The van der Waals surface area contributed by atoms with Crippen LogP contribution in [0.15, 0.2) is 18.2 Å². The van der Waals surface area contributed by atoms with E-state index in [4.69, 9.17) is 5.11 Å². The van der Waals surface area contributed by atoms with Gasteiger partial charge in [0.25, 0.3) is 11.6 Å². The molecule has 22 heavy (non-hydrogen) atoms. The first-order valence-electron chi connectivity index (χ1n) is 7.49. The smallest absolute Gasteiger partial charge is 0.273 e. The highest BCUT2D eigenvalue weighted by molar-refractivity contribution is 5.94. The van der Waals surface area contributed by atoms with Crippen molar-refractivity contribution in [3.05, 3.63) is 39.4 Å². The fraction of sp³-hybridized carbons (Fsp3) is 0.562. The third kappa shape index (κ3) is 5.44. The van der Waals surface area contributed by atoms with Gasteiger partial charge < -0.3 is 10.4 Å². The number of hydrogen-bond donors (Lipinski definition) is 2. The minimum absolute atomic E-state index is 0.0539. The molecule has 1 atom stereocenters. The lowest BCUT2D eigenvalue weighted by Crippen LogP contribution is -2.30. The first kappa shape index (κ1) is 18.1. The van der Waals surface area contributed by atoms with Crippen LogP contribution >= 0.6 is 0 Å². The van der Waals surface area contributed by atoms with Gasteiger partial charge in [-0.3, -0.25) is 14.9 Å². The number of aliphatic hydroxyl groups excluding tert-OH is 1. The van der Waals surface area contributed by atoms with Gasteiger partial charge in [-0.25, -0.2) is 0 Å². The predicted octanol–water partition coefficient (Wildman–Crippen LogP) is 2.68. The molecule has 0 fully saturated rings. The van der Waals surface area contributed by atoms with Gasteiger partial charge in [0, 0.05) is 30.3 Å². The summed E-state index contributed by atoms with van der Waals surface area (Å²) in [6.07, 6.45) is 1.54. The summed E-state index contributed by atoms with van der Waals surface area (Å²) in [5.74, 6) is 0.359. The SMILES string of the molecule is Cc1ccc(C(=O)NCC(CCO)CC(C)C)cc1[N+](=O)[O-]. The van der Waals surface area contributed by atoms with E-state index in [1.807, 2.05) is 0 Å². The summed E-state index contributed by atoms with van der Waals surface area (Å²) >= 11 is 0. The second-order valence-electron chi connectivity index (χ2n) is 5.98. The van der Waals surface area contributed by atoms with Crippen LogP contribution in [0.2, 0.25) is 0 Å². The molecule has 1 unspecified atom stereocenters. The zero-order chi connectivity index (χ0) is 16.7. The summed E-state index contributed by atoms with van der Waals surface area (Å²) < 4.78 is 0. The normalized spacial score (nSPS) is 12.2. The highest BCUT2D eigenvalue weighted by Gasteiger charge is 2.16. The van der Waals surface area contributed by atoms with Gasteiger partial charge in [0.15, 0.2) is 0 Å². The molecule has 0 spiro atoms. The molecule has 0 radical (unpaired) electrons. The van der Waals surface area contributed by atoms with Gasteiger partial charge >= 0.3 is 0 Å². The van der Waals surface area contributed by atoms with Crippen molar-refractivity contribution >= 4 is 11.6 Å². The summed E-state index contributed by atoms with van der Waals surface area (Å²) in [5.41, 5.74) is 0.755. The van der Waals surface area contributed by atoms with Crippen molar-refractivity contribution in [3.63, 3.8) is 0 Å². The lowest BCUT2D eigenvalue weighted by atomic mass is 9.94. The Kier molecular flexibility index (Phi) is 6.98. The van der Waals surface area contributed by atoms with E-state index in [0.29, 0.717) is 24.4 Å². The molecule has 0 aromatic heterocycles. The number of hydrogen-bond acceptors (Lipinski definition) is 4. The van der Waals surface area contributed by atoms with Crippen LogP contribution in [0.4, 0.5) is 5.69 Å². The molecule has 1 aromatic carbocycles. The number of carbonyl (C=O) groups excluding carboxylic acids is 1. The van der Waals surface area contributed by atoms with Crippen molar-refractivity contribution in [2.75, 3.05) is 13.2 Å². The number of nitrogens with zero attached hydrogens (tertiary/aromatic N) is 1. The summed E-state index contributed by atoms with van der Waals surface area (Å²) in [6.45, 7) is 6.37. The van der Waals surface area contributed by atoms with Crippen LogP contribution in [0.1, 0.15) is 42.6 Å². The van der Waals surface area contributed by atoms with Gasteiger partial charge in [0.1, 0.15) is 0 Å². The lowest BCUT2D eigenvalue weighted by molar-refractivity contribution is -0.385. The Balaban J connectivity index is 2.72. The maximum absolute atomic E-state index is 12.1. The van der Waals surface area contributed by atoms with Gasteiger partial charge in [-0.15, -0.1) is 0 Å². The Morgan fingerprint density at radius 2 is 2.09 bits per heavy atom. The molecule has 0 heterocycles. The largest absolute Gasteiger partial charge is 0.396 e. The van der Waals surface area contributed by atoms with Gasteiger partial charge in [0.05, 0.1) is 4.92 Å². The zero-order valence-corrected chi connectivity index (χ0v) is 13.3. The van der Waals surface area contributed by atoms with Crippen LogP contribution in [0.5, 0.6) is 0 Å². The lowest BCUT2D eigenvalue weighted by Gasteiger charge is -2.18. The predicted molar refractivity (Wildman–Crippen MR) is 84.8 cm³/mol. The van der Waals surface area contributed by atoms with E-state index < -0.39 is 4.92 Å². The minimum atomic E-state index is -0.487. The average molecular weight is 308 g/mol. The standard InChI is InChI=1S/C16H24N2O4/c1-11(2)8-13(6-7-19)10-17-16(20)14-5-4-12(3)15(9-14)18(21)22/h4-5,9,11,13,19H,6-8,10H2,1-3H3,(H,17,20). The fourth-order valence-corrected chi connectivity index (χ4v) is 2.44. The molecule has 1 rings (SSSR count). The van der Waals surface area contributed by atoms with Crippen molar-refractivity contribution < 1.29 is 14.8 Å². The molecule has 122 valence electrons. The second-order valence-corrected chi connectivity index (χ2v) is 5.98. The Morgan fingerprint density at radius 1 is 1.41 bits per heavy atom. The monoisotopic (exact) mass is 308 g/mol. The number of aryl methyl sites for hydroxylation is 1. The summed E-state index contributed by atoms with van der Waals surface area (Å²) in [4.78, 5) is 22.6.